The standard InChI is InChI=1S/C18H24N2O2/c1-13-7-6-8-14(2)18(13)19-16(21)12-20(3)17(22)11-15-9-4-5-10-15/h4,6-9,15H,5,10-12H2,1-3H3,(H,19,21)/t15-/m0/s1. The van der Waals surface area contributed by atoms with Gasteiger partial charge >= 0.3 is 0 Å². The SMILES string of the molecule is Cc1cccc(C)c1NC(=O)CN(C)C(=O)C[C@H]1C=CCC1. The van der Waals surface area contributed by atoms with E-state index < -0.39 is 0 Å². The molecule has 0 spiro atoms. The lowest BCUT2D eigenvalue weighted by Gasteiger charge is -2.19. The Morgan fingerprint density at radius 2 is 1.95 bits per heavy atom. The summed E-state index contributed by atoms with van der Waals surface area (Å²) < 4.78 is 0. The number of hydrogen-bond acceptors (Lipinski definition) is 2. The molecule has 2 rings (SSSR count). The Bertz CT molecular complexity index is 572. The van der Waals surface area contributed by atoms with E-state index in [-0.39, 0.29) is 18.4 Å². The van der Waals surface area contributed by atoms with Crippen LogP contribution in [0.4, 0.5) is 5.69 Å². The van der Waals surface area contributed by atoms with Gasteiger partial charge in [-0.25, -0.2) is 0 Å². The molecule has 1 N–H and O–H groups in total. The van der Waals surface area contributed by atoms with Crippen LogP contribution < -0.4 is 5.32 Å². The largest absolute Gasteiger partial charge is 0.336 e. The van der Waals surface area contributed by atoms with Crippen molar-refractivity contribution >= 4 is 17.5 Å². The van der Waals surface area contributed by atoms with E-state index in [2.05, 4.69) is 17.5 Å². The highest BCUT2D eigenvalue weighted by Gasteiger charge is 2.19. The smallest absolute Gasteiger partial charge is 0.243 e. The molecular formula is C18H24N2O2. The van der Waals surface area contributed by atoms with E-state index in [4.69, 9.17) is 0 Å². The topological polar surface area (TPSA) is 49.4 Å². The second kappa shape index (κ2) is 7.25. The van der Waals surface area contributed by atoms with Gasteiger partial charge in [-0.05, 0) is 43.7 Å². The van der Waals surface area contributed by atoms with E-state index >= 15 is 0 Å². The summed E-state index contributed by atoms with van der Waals surface area (Å²) in [5, 5.41) is 2.91. The number of nitrogens with zero attached hydrogens (tertiary/aromatic N) is 1. The van der Waals surface area contributed by atoms with Gasteiger partial charge in [0, 0.05) is 19.2 Å². The number of hydrogen-bond donors (Lipinski definition) is 1. The van der Waals surface area contributed by atoms with Gasteiger partial charge in [-0.1, -0.05) is 30.4 Å². The van der Waals surface area contributed by atoms with Crippen molar-refractivity contribution in [2.75, 3.05) is 18.9 Å². The predicted molar refractivity (Wildman–Crippen MR) is 88.7 cm³/mol. The molecule has 1 aromatic rings. The fourth-order valence-electron chi connectivity index (χ4n) is 2.74. The molecule has 0 heterocycles. The molecule has 0 saturated carbocycles. The van der Waals surface area contributed by atoms with Crippen LogP contribution in [0.2, 0.25) is 0 Å². The normalized spacial score (nSPS) is 16.6. The number of anilines is 1. The van der Waals surface area contributed by atoms with Gasteiger partial charge in [0.2, 0.25) is 11.8 Å². The summed E-state index contributed by atoms with van der Waals surface area (Å²) in [7, 11) is 1.69. The van der Waals surface area contributed by atoms with Gasteiger partial charge in [-0.3, -0.25) is 9.59 Å². The summed E-state index contributed by atoms with van der Waals surface area (Å²) in [6.45, 7) is 4.01. The van der Waals surface area contributed by atoms with Crippen LogP contribution in [-0.2, 0) is 9.59 Å². The molecular weight excluding hydrogens is 276 g/mol. The van der Waals surface area contributed by atoms with Crippen LogP contribution >= 0.6 is 0 Å². The molecule has 4 nitrogen and oxygen atoms in total. The van der Waals surface area contributed by atoms with Crippen molar-refractivity contribution in [1.82, 2.24) is 4.90 Å². The zero-order valence-corrected chi connectivity index (χ0v) is 13.6. The third-order valence-electron chi connectivity index (χ3n) is 4.10. The number of likely N-dealkylation sites (N-methyl/N-ethyl adjacent to an activating group) is 1. The zero-order chi connectivity index (χ0) is 16.1. The van der Waals surface area contributed by atoms with Gasteiger partial charge in [0.15, 0.2) is 0 Å². The molecule has 0 aliphatic heterocycles. The van der Waals surface area contributed by atoms with Crippen molar-refractivity contribution in [1.29, 1.82) is 0 Å². The summed E-state index contributed by atoms with van der Waals surface area (Å²) in [5.41, 5.74) is 2.89. The Balaban J connectivity index is 1.88. The molecule has 4 heteroatoms. The molecule has 22 heavy (non-hydrogen) atoms. The summed E-state index contributed by atoms with van der Waals surface area (Å²) in [6, 6.07) is 5.89. The van der Waals surface area contributed by atoms with Crippen LogP contribution in [0.3, 0.4) is 0 Å². The number of allylic oxidation sites excluding steroid dienone is 2. The summed E-state index contributed by atoms with van der Waals surface area (Å²) in [5.74, 6) is 0.194. The second-order valence-corrected chi connectivity index (χ2v) is 6.03. The maximum absolute atomic E-state index is 12.1. The van der Waals surface area contributed by atoms with Gasteiger partial charge < -0.3 is 10.2 Å². The molecule has 1 aliphatic rings. The first-order chi connectivity index (χ1) is 10.5. The minimum atomic E-state index is -0.157. The molecule has 0 fully saturated rings. The molecule has 0 saturated heterocycles. The van der Waals surface area contributed by atoms with Crippen molar-refractivity contribution in [2.24, 2.45) is 5.92 Å². The number of para-hydroxylation sites is 1. The second-order valence-electron chi connectivity index (χ2n) is 6.03. The molecule has 1 aliphatic carbocycles. The minimum Gasteiger partial charge on any atom is -0.336 e. The van der Waals surface area contributed by atoms with Gasteiger partial charge in [-0.15, -0.1) is 0 Å². The quantitative estimate of drug-likeness (QED) is 0.850. The summed E-state index contributed by atoms with van der Waals surface area (Å²) in [6.07, 6.45) is 6.79. The average Bonchev–Trinajstić information content (AvgIpc) is 2.96. The van der Waals surface area contributed by atoms with E-state index in [1.807, 2.05) is 32.0 Å². The molecule has 1 atom stereocenters. The fourth-order valence-corrected chi connectivity index (χ4v) is 2.74. The molecule has 2 amide bonds. The Hall–Kier alpha value is -2.10. The molecule has 0 aromatic heterocycles. The molecule has 1 aromatic carbocycles. The van der Waals surface area contributed by atoms with Crippen LogP contribution in [0.25, 0.3) is 0 Å². The van der Waals surface area contributed by atoms with Crippen molar-refractivity contribution in [2.45, 2.75) is 33.1 Å². The number of aryl methyl sites for hydroxylation is 2. The fraction of sp³-hybridized carbons (Fsp3) is 0.444. The first-order valence-corrected chi connectivity index (χ1v) is 7.74. The van der Waals surface area contributed by atoms with E-state index in [0.29, 0.717) is 12.3 Å². The molecule has 0 radical (unpaired) electrons. The highest BCUT2D eigenvalue weighted by atomic mass is 16.2. The van der Waals surface area contributed by atoms with Gasteiger partial charge in [0.25, 0.3) is 0 Å². The van der Waals surface area contributed by atoms with Crippen LogP contribution in [0.15, 0.2) is 30.4 Å². The lowest BCUT2D eigenvalue weighted by Crippen LogP contribution is -2.35. The maximum atomic E-state index is 12.1. The number of nitrogens with one attached hydrogen (secondary N) is 1. The number of benzene rings is 1. The number of carbonyl (C=O) groups excluding carboxylic acids is 2. The third-order valence-corrected chi connectivity index (χ3v) is 4.10. The number of rotatable bonds is 5. The minimum absolute atomic E-state index is 0.0215. The van der Waals surface area contributed by atoms with Crippen molar-refractivity contribution in [3.05, 3.63) is 41.5 Å². The van der Waals surface area contributed by atoms with Crippen LogP contribution in [-0.4, -0.2) is 30.3 Å². The van der Waals surface area contributed by atoms with Gasteiger partial charge in [-0.2, -0.15) is 0 Å². The Morgan fingerprint density at radius 1 is 1.27 bits per heavy atom. The predicted octanol–water partition coefficient (Wildman–Crippen LogP) is 3.06. The van der Waals surface area contributed by atoms with E-state index in [0.717, 1.165) is 29.7 Å². The lowest BCUT2D eigenvalue weighted by molar-refractivity contribution is -0.133. The molecule has 0 unspecified atom stereocenters. The monoisotopic (exact) mass is 300 g/mol. The van der Waals surface area contributed by atoms with E-state index in [9.17, 15) is 9.59 Å². The van der Waals surface area contributed by atoms with Crippen molar-refractivity contribution in [3.8, 4) is 0 Å². The van der Waals surface area contributed by atoms with Crippen LogP contribution in [0.1, 0.15) is 30.4 Å². The van der Waals surface area contributed by atoms with Crippen LogP contribution in [0, 0.1) is 19.8 Å². The zero-order valence-electron chi connectivity index (χ0n) is 13.6. The Morgan fingerprint density at radius 3 is 2.55 bits per heavy atom. The Labute approximate surface area is 132 Å². The lowest BCUT2D eigenvalue weighted by atomic mass is 10.0. The van der Waals surface area contributed by atoms with Crippen LogP contribution in [0.5, 0.6) is 0 Å². The first-order valence-electron chi connectivity index (χ1n) is 7.74. The highest BCUT2D eigenvalue weighted by Crippen LogP contribution is 2.21. The van der Waals surface area contributed by atoms with Gasteiger partial charge in [0.1, 0.15) is 0 Å². The van der Waals surface area contributed by atoms with Crippen molar-refractivity contribution in [3.63, 3.8) is 0 Å². The third kappa shape index (κ3) is 4.20. The summed E-state index contributed by atoms with van der Waals surface area (Å²) >= 11 is 0. The maximum Gasteiger partial charge on any atom is 0.243 e. The van der Waals surface area contributed by atoms with E-state index in [1.165, 1.54) is 4.90 Å². The average molecular weight is 300 g/mol. The molecule has 118 valence electrons. The first kappa shape index (κ1) is 16.3. The summed E-state index contributed by atoms with van der Waals surface area (Å²) in [4.78, 5) is 25.8. The van der Waals surface area contributed by atoms with Crippen molar-refractivity contribution < 1.29 is 9.59 Å². The van der Waals surface area contributed by atoms with E-state index in [1.54, 1.807) is 7.05 Å². The molecule has 0 bridgehead atoms. The highest BCUT2D eigenvalue weighted by molar-refractivity contribution is 5.95. The Kier molecular flexibility index (Phi) is 5.36. The van der Waals surface area contributed by atoms with Gasteiger partial charge in [0.05, 0.1) is 6.54 Å². The number of carbonyl (C=O) groups is 2. The number of amides is 2.